The molecule has 94 valence electrons. The fourth-order valence-electron chi connectivity index (χ4n) is 2.06. The Bertz CT molecular complexity index is 320. The van der Waals surface area contributed by atoms with E-state index in [1.165, 1.54) is 18.1 Å². The highest BCUT2D eigenvalue weighted by Gasteiger charge is 2.22. The molecule has 0 saturated carbocycles. The van der Waals surface area contributed by atoms with Crippen LogP contribution < -0.4 is 4.74 Å². The van der Waals surface area contributed by atoms with Gasteiger partial charge in [-0.2, -0.15) is 0 Å². The standard InChI is InChI=1S/C15H24OSi/c1-4-17(5-2,6-3)14-10-13-16-15-11-8-7-9-12-15/h7-12,14H,4-6,13H2,1-3H3/b14-10+. The van der Waals surface area contributed by atoms with Crippen LogP contribution in [-0.2, 0) is 0 Å². The molecule has 0 aliphatic heterocycles. The fraction of sp³-hybridized carbons (Fsp3) is 0.467. The van der Waals surface area contributed by atoms with Gasteiger partial charge in [-0.1, -0.05) is 68.9 Å². The summed E-state index contributed by atoms with van der Waals surface area (Å²) in [4.78, 5) is 0. The van der Waals surface area contributed by atoms with Gasteiger partial charge in [0.2, 0.25) is 0 Å². The first-order valence-electron chi connectivity index (χ1n) is 6.62. The summed E-state index contributed by atoms with van der Waals surface area (Å²) in [5, 5.41) is 0. The van der Waals surface area contributed by atoms with Gasteiger partial charge in [0, 0.05) is 0 Å². The van der Waals surface area contributed by atoms with Gasteiger partial charge >= 0.3 is 0 Å². The summed E-state index contributed by atoms with van der Waals surface area (Å²) >= 11 is 0. The molecule has 0 aromatic heterocycles. The second-order valence-corrected chi connectivity index (χ2v) is 9.63. The fourth-order valence-corrected chi connectivity index (χ4v) is 4.87. The maximum Gasteiger partial charge on any atom is 0.119 e. The van der Waals surface area contributed by atoms with Crippen LogP contribution in [0.4, 0.5) is 0 Å². The van der Waals surface area contributed by atoms with Crippen LogP contribution >= 0.6 is 0 Å². The van der Waals surface area contributed by atoms with Gasteiger partial charge in [-0.15, -0.1) is 0 Å². The van der Waals surface area contributed by atoms with Crippen LogP contribution in [0.5, 0.6) is 5.75 Å². The molecule has 0 radical (unpaired) electrons. The maximum atomic E-state index is 5.67. The van der Waals surface area contributed by atoms with Crippen molar-refractivity contribution >= 4 is 8.07 Å². The van der Waals surface area contributed by atoms with Crippen LogP contribution in [0.15, 0.2) is 42.1 Å². The molecule has 1 aromatic carbocycles. The molecule has 0 aliphatic carbocycles. The highest BCUT2D eigenvalue weighted by Crippen LogP contribution is 2.21. The number of benzene rings is 1. The maximum absolute atomic E-state index is 5.67. The smallest absolute Gasteiger partial charge is 0.119 e. The van der Waals surface area contributed by atoms with Crippen molar-refractivity contribution in [1.82, 2.24) is 0 Å². The number of hydrogen-bond donors (Lipinski definition) is 0. The van der Waals surface area contributed by atoms with E-state index in [0.717, 1.165) is 5.75 Å². The van der Waals surface area contributed by atoms with E-state index < -0.39 is 8.07 Å². The highest BCUT2D eigenvalue weighted by molar-refractivity contribution is 6.84. The molecule has 2 heteroatoms. The van der Waals surface area contributed by atoms with Crippen molar-refractivity contribution in [3.8, 4) is 5.75 Å². The first-order valence-corrected chi connectivity index (χ1v) is 9.31. The van der Waals surface area contributed by atoms with Gasteiger partial charge in [-0.25, -0.2) is 0 Å². The molecule has 1 nitrogen and oxygen atoms in total. The van der Waals surface area contributed by atoms with E-state index in [4.69, 9.17) is 4.74 Å². The summed E-state index contributed by atoms with van der Waals surface area (Å²) in [7, 11) is -1.12. The molecule has 17 heavy (non-hydrogen) atoms. The van der Waals surface area contributed by atoms with Crippen LogP contribution in [0.3, 0.4) is 0 Å². The Balaban J connectivity index is 2.44. The topological polar surface area (TPSA) is 9.23 Å². The van der Waals surface area contributed by atoms with Crippen molar-refractivity contribution in [2.24, 2.45) is 0 Å². The van der Waals surface area contributed by atoms with Crippen molar-refractivity contribution < 1.29 is 4.74 Å². The second-order valence-electron chi connectivity index (χ2n) is 4.45. The molecule has 0 heterocycles. The average molecular weight is 248 g/mol. The first-order chi connectivity index (χ1) is 8.26. The number of ether oxygens (including phenoxy) is 1. The van der Waals surface area contributed by atoms with Crippen molar-refractivity contribution in [2.45, 2.75) is 38.9 Å². The van der Waals surface area contributed by atoms with E-state index in [-0.39, 0.29) is 0 Å². The Morgan fingerprint density at radius 2 is 1.59 bits per heavy atom. The molecule has 0 unspecified atom stereocenters. The van der Waals surface area contributed by atoms with Crippen molar-refractivity contribution in [3.05, 3.63) is 42.1 Å². The van der Waals surface area contributed by atoms with E-state index in [1.54, 1.807) is 0 Å². The zero-order valence-electron chi connectivity index (χ0n) is 11.3. The van der Waals surface area contributed by atoms with Gasteiger partial charge in [0.15, 0.2) is 0 Å². The molecule has 0 aliphatic rings. The molecule has 0 spiro atoms. The van der Waals surface area contributed by atoms with E-state index >= 15 is 0 Å². The number of hydrogen-bond acceptors (Lipinski definition) is 1. The third-order valence-electron chi connectivity index (χ3n) is 3.67. The van der Waals surface area contributed by atoms with Crippen molar-refractivity contribution in [1.29, 1.82) is 0 Å². The lowest BCUT2D eigenvalue weighted by Crippen LogP contribution is -2.28. The average Bonchev–Trinajstić information content (AvgIpc) is 2.41. The van der Waals surface area contributed by atoms with Crippen LogP contribution in [-0.4, -0.2) is 14.7 Å². The number of rotatable bonds is 7. The lowest BCUT2D eigenvalue weighted by Gasteiger charge is -2.23. The summed E-state index contributed by atoms with van der Waals surface area (Å²) in [6, 6.07) is 14.0. The molecule has 0 saturated heterocycles. The Hall–Kier alpha value is -1.02. The van der Waals surface area contributed by atoms with Gasteiger partial charge in [0.05, 0.1) is 8.07 Å². The zero-order valence-corrected chi connectivity index (χ0v) is 12.3. The molecule has 0 N–H and O–H groups in total. The summed E-state index contributed by atoms with van der Waals surface area (Å²) in [6.07, 6.45) is 2.22. The summed E-state index contributed by atoms with van der Waals surface area (Å²) in [5.74, 6) is 0.953. The van der Waals surface area contributed by atoms with Gasteiger partial charge in [0.1, 0.15) is 12.4 Å². The Labute approximate surface area is 107 Å². The Morgan fingerprint density at radius 3 is 2.12 bits per heavy atom. The SMILES string of the molecule is CC[Si](/C=C/COc1ccccc1)(CC)CC. The van der Waals surface area contributed by atoms with Crippen molar-refractivity contribution in [3.63, 3.8) is 0 Å². The van der Waals surface area contributed by atoms with Gasteiger partial charge in [0.25, 0.3) is 0 Å². The predicted octanol–water partition coefficient (Wildman–Crippen LogP) is 4.67. The highest BCUT2D eigenvalue weighted by atomic mass is 28.3. The molecular formula is C15H24OSi. The quantitative estimate of drug-likeness (QED) is 0.637. The third-order valence-corrected chi connectivity index (χ3v) is 8.84. The normalized spacial score (nSPS) is 11.9. The minimum Gasteiger partial charge on any atom is -0.490 e. The zero-order chi connectivity index (χ0) is 12.6. The van der Waals surface area contributed by atoms with Crippen LogP contribution in [0.25, 0.3) is 0 Å². The van der Waals surface area contributed by atoms with E-state index in [9.17, 15) is 0 Å². The second kappa shape index (κ2) is 7.33. The van der Waals surface area contributed by atoms with E-state index in [1.807, 2.05) is 30.3 Å². The van der Waals surface area contributed by atoms with E-state index in [0.29, 0.717) is 6.61 Å². The van der Waals surface area contributed by atoms with Gasteiger partial charge in [-0.05, 0) is 12.1 Å². The van der Waals surface area contributed by atoms with E-state index in [2.05, 4.69) is 32.5 Å². The summed E-state index contributed by atoms with van der Waals surface area (Å²) < 4.78 is 5.67. The van der Waals surface area contributed by atoms with Gasteiger partial charge < -0.3 is 4.74 Å². The number of para-hydroxylation sites is 1. The first kappa shape index (κ1) is 14.0. The summed E-state index contributed by atoms with van der Waals surface area (Å²) in [5.41, 5.74) is 2.47. The third kappa shape index (κ3) is 4.39. The Kier molecular flexibility index (Phi) is 6.05. The predicted molar refractivity (Wildman–Crippen MR) is 78.3 cm³/mol. The molecule has 1 aromatic rings. The van der Waals surface area contributed by atoms with Crippen LogP contribution in [0.2, 0.25) is 18.1 Å². The Morgan fingerprint density at radius 1 is 1.00 bits per heavy atom. The van der Waals surface area contributed by atoms with Gasteiger partial charge in [-0.3, -0.25) is 0 Å². The minimum atomic E-state index is -1.12. The summed E-state index contributed by atoms with van der Waals surface area (Å²) in [6.45, 7) is 7.66. The molecule has 0 amide bonds. The molecule has 0 atom stereocenters. The lowest BCUT2D eigenvalue weighted by molar-refractivity contribution is 0.363. The molecule has 0 fully saturated rings. The molecule has 0 bridgehead atoms. The molecular weight excluding hydrogens is 224 g/mol. The van der Waals surface area contributed by atoms with Crippen molar-refractivity contribution in [2.75, 3.05) is 6.61 Å². The monoisotopic (exact) mass is 248 g/mol. The lowest BCUT2D eigenvalue weighted by atomic mass is 10.3. The minimum absolute atomic E-state index is 0.693. The van der Waals surface area contributed by atoms with Crippen LogP contribution in [0.1, 0.15) is 20.8 Å². The van der Waals surface area contributed by atoms with Crippen LogP contribution in [0, 0.1) is 0 Å². The molecule has 1 rings (SSSR count). The largest absolute Gasteiger partial charge is 0.490 e.